The summed E-state index contributed by atoms with van der Waals surface area (Å²) in [6.07, 6.45) is 2.26. The van der Waals surface area contributed by atoms with E-state index in [0.29, 0.717) is 18.2 Å². The highest BCUT2D eigenvalue weighted by Crippen LogP contribution is 2.11. The van der Waals surface area contributed by atoms with Gasteiger partial charge in [0.15, 0.2) is 5.84 Å². The first-order valence-electron chi connectivity index (χ1n) is 6.65. The van der Waals surface area contributed by atoms with Gasteiger partial charge < -0.3 is 21.0 Å². The summed E-state index contributed by atoms with van der Waals surface area (Å²) in [5.41, 5.74) is 6.15. The van der Waals surface area contributed by atoms with Gasteiger partial charge in [-0.2, -0.15) is 0 Å². The first-order chi connectivity index (χ1) is 9.21. The summed E-state index contributed by atoms with van der Waals surface area (Å²) in [4.78, 5) is 0. The summed E-state index contributed by atoms with van der Waals surface area (Å²) in [5, 5.41) is 14.9. The zero-order chi connectivity index (χ0) is 14.1. The number of hydrogen-bond donors (Lipinski definition) is 3. The number of nitrogens with zero attached hydrogens (tertiary/aromatic N) is 1. The van der Waals surface area contributed by atoms with Crippen LogP contribution in [0.3, 0.4) is 0 Å². The summed E-state index contributed by atoms with van der Waals surface area (Å²) in [6.45, 7) is 5.80. The monoisotopic (exact) mass is 265 g/mol. The standard InChI is InChI=1S/C14H23N3O2/c1-3-12(4-2)16-9-10-19-13-7-5-11(6-8-13)14(15)17-18/h5-8,12,16,18H,3-4,9-10H2,1-2H3,(H2,15,17). The number of hydrogen-bond acceptors (Lipinski definition) is 4. The first kappa shape index (κ1) is 15.3. The predicted octanol–water partition coefficient (Wildman–Crippen LogP) is 1.94. The SMILES string of the molecule is CCC(CC)NCCOc1ccc(C(N)=NO)cc1. The number of rotatable bonds is 8. The molecule has 0 heterocycles. The number of nitrogens with two attached hydrogens (primary N) is 1. The van der Waals surface area contributed by atoms with Crippen molar-refractivity contribution in [3.63, 3.8) is 0 Å². The molecule has 0 aliphatic heterocycles. The van der Waals surface area contributed by atoms with Crippen molar-refractivity contribution in [1.29, 1.82) is 0 Å². The molecule has 0 atom stereocenters. The first-order valence-corrected chi connectivity index (χ1v) is 6.65. The van der Waals surface area contributed by atoms with Crippen molar-refractivity contribution in [2.45, 2.75) is 32.7 Å². The largest absolute Gasteiger partial charge is 0.492 e. The van der Waals surface area contributed by atoms with Gasteiger partial charge in [-0.05, 0) is 37.1 Å². The molecule has 1 rings (SSSR count). The maximum atomic E-state index is 8.55. The van der Waals surface area contributed by atoms with Crippen LogP contribution in [-0.4, -0.2) is 30.2 Å². The number of ether oxygens (including phenoxy) is 1. The minimum Gasteiger partial charge on any atom is -0.492 e. The highest BCUT2D eigenvalue weighted by atomic mass is 16.5. The molecule has 0 saturated heterocycles. The van der Waals surface area contributed by atoms with Crippen LogP contribution in [0.1, 0.15) is 32.3 Å². The summed E-state index contributed by atoms with van der Waals surface area (Å²) < 4.78 is 5.61. The van der Waals surface area contributed by atoms with E-state index in [1.54, 1.807) is 12.1 Å². The van der Waals surface area contributed by atoms with E-state index in [9.17, 15) is 0 Å². The second kappa shape index (κ2) is 8.37. The molecule has 0 spiro atoms. The number of nitrogens with one attached hydrogen (secondary N) is 1. The van der Waals surface area contributed by atoms with Gasteiger partial charge in [0.25, 0.3) is 0 Å². The third-order valence-corrected chi connectivity index (χ3v) is 3.05. The maximum absolute atomic E-state index is 8.55. The Kier molecular flexibility index (Phi) is 6.74. The van der Waals surface area contributed by atoms with Gasteiger partial charge in [0.05, 0.1) is 0 Å². The van der Waals surface area contributed by atoms with Crippen LogP contribution in [0.2, 0.25) is 0 Å². The van der Waals surface area contributed by atoms with Gasteiger partial charge in [0.1, 0.15) is 12.4 Å². The Labute approximate surface area is 114 Å². The molecule has 0 fully saturated rings. The van der Waals surface area contributed by atoms with Gasteiger partial charge in [-0.3, -0.25) is 0 Å². The minimum absolute atomic E-state index is 0.0990. The maximum Gasteiger partial charge on any atom is 0.170 e. The van der Waals surface area contributed by atoms with E-state index in [4.69, 9.17) is 15.7 Å². The molecule has 19 heavy (non-hydrogen) atoms. The van der Waals surface area contributed by atoms with Crippen molar-refractivity contribution in [2.75, 3.05) is 13.2 Å². The van der Waals surface area contributed by atoms with Crippen LogP contribution in [0.25, 0.3) is 0 Å². The molecular weight excluding hydrogens is 242 g/mol. The Morgan fingerprint density at radius 1 is 1.32 bits per heavy atom. The lowest BCUT2D eigenvalue weighted by atomic mass is 10.2. The summed E-state index contributed by atoms with van der Waals surface area (Å²) >= 11 is 0. The molecule has 5 heteroatoms. The third kappa shape index (κ3) is 5.18. The molecule has 0 bridgehead atoms. The van der Waals surface area contributed by atoms with E-state index in [-0.39, 0.29) is 5.84 Å². The highest BCUT2D eigenvalue weighted by Gasteiger charge is 2.02. The Morgan fingerprint density at radius 3 is 2.47 bits per heavy atom. The molecule has 0 aliphatic rings. The normalized spacial score (nSPS) is 11.8. The molecule has 1 aromatic carbocycles. The molecule has 1 aromatic rings. The van der Waals surface area contributed by atoms with E-state index < -0.39 is 0 Å². The highest BCUT2D eigenvalue weighted by molar-refractivity contribution is 5.97. The number of benzene rings is 1. The van der Waals surface area contributed by atoms with Crippen LogP contribution in [0.5, 0.6) is 5.75 Å². The number of amidine groups is 1. The molecule has 0 aromatic heterocycles. The number of oxime groups is 1. The molecule has 5 nitrogen and oxygen atoms in total. The summed E-state index contributed by atoms with van der Waals surface area (Å²) in [5.74, 6) is 0.878. The smallest absolute Gasteiger partial charge is 0.170 e. The average molecular weight is 265 g/mol. The Morgan fingerprint density at radius 2 is 1.95 bits per heavy atom. The summed E-state index contributed by atoms with van der Waals surface area (Å²) in [6, 6.07) is 7.71. The molecule has 0 saturated carbocycles. The molecule has 4 N–H and O–H groups in total. The van der Waals surface area contributed by atoms with Gasteiger partial charge in [0, 0.05) is 18.2 Å². The van der Waals surface area contributed by atoms with Crippen LogP contribution in [-0.2, 0) is 0 Å². The van der Waals surface area contributed by atoms with E-state index in [2.05, 4.69) is 24.3 Å². The molecule has 0 unspecified atom stereocenters. The van der Waals surface area contributed by atoms with Crippen LogP contribution < -0.4 is 15.8 Å². The molecule has 0 amide bonds. The van der Waals surface area contributed by atoms with Crippen LogP contribution in [0.15, 0.2) is 29.4 Å². The predicted molar refractivity (Wildman–Crippen MR) is 76.8 cm³/mol. The van der Waals surface area contributed by atoms with Gasteiger partial charge >= 0.3 is 0 Å². The Hall–Kier alpha value is -1.75. The van der Waals surface area contributed by atoms with E-state index in [1.807, 2.05) is 12.1 Å². The van der Waals surface area contributed by atoms with E-state index in [1.165, 1.54) is 0 Å². The second-order valence-corrected chi connectivity index (χ2v) is 4.33. The topological polar surface area (TPSA) is 79.9 Å². The van der Waals surface area contributed by atoms with Crippen molar-refractivity contribution < 1.29 is 9.94 Å². The van der Waals surface area contributed by atoms with Crippen LogP contribution in [0.4, 0.5) is 0 Å². The van der Waals surface area contributed by atoms with Gasteiger partial charge in [0.2, 0.25) is 0 Å². The van der Waals surface area contributed by atoms with E-state index in [0.717, 1.165) is 25.1 Å². The van der Waals surface area contributed by atoms with Gasteiger partial charge in [-0.1, -0.05) is 19.0 Å². The lowest BCUT2D eigenvalue weighted by molar-refractivity contribution is 0.302. The fraction of sp³-hybridized carbons (Fsp3) is 0.500. The lowest BCUT2D eigenvalue weighted by Gasteiger charge is -2.14. The average Bonchev–Trinajstić information content (AvgIpc) is 2.47. The third-order valence-electron chi connectivity index (χ3n) is 3.05. The molecule has 106 valence electrons. The van der Waals surface area contributed by atoms with Crippen molar-refractivity contribution in [3.05, 3.63) is 29.8 Å². The zero-order valence-electron chi connectivity index (χ0n) is 11.6. The lowest BCUT2D eigenvalue weighted by Crippen LogP contribution is -2.31. The van der Waals surface area contributed by atoms with Crippen molar-refractivity contribution >= 4 is 5.84 Å². The minimum atomic E-state index is 0.0990. The van der Waals surface area contributed by atoms with Crippen molar-refractivity contribution in [2.24, 2.45) is 10.9 Å². The van der Waals surface area contributed by atoms with Gasteiger partial charge in [-0.15, -0.1) is 0 Å². The molecule has 0 radical (unpaired) electrons. The van der Waals surface area contributed by atoms with Crippen molar-refractivity contribution in [1.82, 2.24) is 5.32 Å². The quantitative estimate of drug-likeness (QED) is 0.221. The Balaban J connectivity index is 2.34. The van der Waals surface area contributed by atoms with Crippen LogP contribution >= 0.6 is 0 Å². The second-order valence-electron chi connectivity index (χ2n) is 4.33. The summed E-state index contributed by atoms with van der Waals surface area (Å²) in [7, 11) is 0. The van der Waals surface area contributed by atoms with Crippen molar-refractivity contribution in [3.8, 4) is 5.75 Å². The van der Waals surface area contributed by atoms with E-state index >= 15 is 0 Å². The zero-order valence-corrected chi connectivity index (χ0v) is 11.6. The fourth-order valence-electron chi connectivity index (χ4n) is 1.79. The van der Waals surface area contributed by atoms with Crippen LogP contribution in [0, 0.1) is 0 Å². The Bertz CT molecular complexity index is 386. The fourth-order valence-corrected chi connectivity index (χ4v) is 1.79. The molecular formula is C14H23N3O2. The molecule has 0 aliphatic carbocycles. The van der Waals surface area contributed by atoms with Gasteiger partial charge in [-0.25, -0.2) is 0 Å².